The van der Waals surface area contributed by atoms with Gasteiger partial charge in [0.1, 0.15) is 30.8 Å². The molecule has 0 aromatic carbocycles. The van der Waals surface area contributed by atoms with E-state index in [0.29, 0.717) is 6.54 Å². The monoisotopic (exact) mass is 268 g/mol. The van der Waals surface area contributed by atoms with Crippen LogP contribution in [0.1, 0.15) is 34.6 Å². The number of hydrogen-bond donors (Lipinski definition) is 2. The first-order valence-electron chi connectivity index (χ1n) is 6.98. The van der Waals surface area contributed by atoms with Crippen molar-refractivity contribution in [2.24, 2.45) is 5.92 Å². The van der Waals surface area contributed by atoms with Crippen LogP contribution in [0.25, 0.3) is 0 Å². The molecule has 3 atom stereocenters. The highest BCUT2D eigenvalue weighted by atomic mass is 16.5. The van der Waals surface area contributed by atoms with Gasteiger partial charge in [-0.25, -0.2) is 0 Å². The van der Waals surface area contributed by atoms with E-state index in [-0.39, 0.29) is 24.0 Å². The van der Waals surface area contributed by atoms with Crippen LogP contribution >= 0.6 is 0 Å². The molecule has 0 aromatic heterocycles. The lowest BCUT2D eigenvalue weighted by molar-refractivity contribution is -0.907. The predicted octanol–water partition coefficient (Wildman–Crippen LogP) is -0.267. The summed E-state index contributed by atoms with van der Waals surface area (Å²) in [5.41, 5.74) is -0.792. The molecule has 1 aliphatic heterocycles. The van der Waals surface area contributed by atoms with Crippen LogP contribution in [0.15, 0.2) is 0 Å². The summed E-state index contributed by atoms with van der Waals surface area (Å²) in [5.74, 6) is 0.0213. The number of nitriles is 1. The van der Waals surface area contributed by atoms with Gasteiger partial charge in [-0.2, -0.15) is 5.26 Å². The van der Waals surface area contributed by atoms with Crippen molar-refractivity contribution in [1.82, 2.24) is 5.32 Å². The summed E-state index contributed by atoms with van der Waals surface area (Å²) < 4.78 is 5.65. The van der Waals surface area contributed by atoms with Crippen LogP contribution in [0.3, 0.4) is 0 Å². The van der Waals surface area contributed by atoms with Gasteiger partial charge in [-0.15, -0.1) is 0 Å². The molecule has 1 fully saturated rings. The molecule has 5 nitrogen and oxygen atoms in total. The molecule has 1 heterocycles. The molecular weight excluding hydrogens is 242 g/mol. The second-order valence-corrected chi connectivity index (χ2v) is 6.11. The van der Waals surface area contributed by atoms with Crippen molar-refractivity contribution in [3.63, 3.8) is 0 Å². The normalized spacial score (nSPS) is 30.5. The molecule has 1 rings (SSSR count). The van der Waals surface area contributed by atoms with E-state index in [2.05, 4.69) is 11.4 Å². The van der Waals surface area contributed by atoms with Gasteiger partial charge in [0.15, 0.2) is 6.54 Å². The summed E-state index contributed by atoms with van der Waals surface area (Å²) in [5, 5.41) is 12.1. The van der Waals surface area contributed by atoms with Gasteiger partial charge in [-0.1, -0.05) is 13.8 Å². The van der Waals surface area contributed by atoms with Crippen molar-refractivity contribution in [2.75, 3.05) is 19.6 Å². The van der Waals surface area contributed by atoms with Crippen molar-refractivity contribution >= 4 is 5.91 Å². The van der Waals surface area contributed by atoms with Gasteiger partial charge in [0.25, 0.3) is 5.91 Å². The van der Waals surface area contributed by atoms with E-state index in [1.165, 1.54) is 4.90 Å². The second kappa shape index (κ2) is 6.36. The summed E-state index contributed by atoms with van der Waals surface area (Å²) in [4.78, 5) is 13.3. The number of quaternary nitrogens is 1. The molecule has 19 heavy (non-hydrogen) atoms. The quantitative estimate of drug-likeness (QED) is 0.738. The molecule has 1 amide bonds. The number of nitrogens with one attached hydrogen (secondary N) is 2. The maximum Gasteiger partial charge on any atom is 0.276 e. The van der Waals surface area contributed by atoms with Crippen LogP contribution in [-0.4, -0.2) is 43.3 Å². The van der Waals surface area contributed by atoms with Crippen LogP contribution in [0, 0.1) is 17.2 Å². The van der Waals surface area contributed by atoms with E-state index in [1.54, 1.807) is 6.92 Å². The first-order chi connectivity index (χ1) is 8.76. The number of amides is 1. The SMILES string of the molecule is CC(C)[C@](C)(C#N)NC(=O)C[NH+]1C[C@@H](C)O[C@H](C)C1. The van der Waals surface area contributed by atoms with Crippen molar-refractivity contribution in [1.29, 1.82) is 5.26 Å². The van der Waals surface area contributed by atoms with Crippen LogP contribution in [-0.2, 0) is 9.53 Å². The topological polar surface area (TPSA) is 66.6 Å². The molecule has 108 valence electrons. The third-order valence-corrected chi connectivity index (χ3v) is 3.81. The molecule has 1 saturated heterocycles. The zero-order chi connectivity index (χ0) is 14.6. The number of hydrogen-bond acceptors (Lipinski definition) is 3. The van der Waals surface area contributed by atoms with E-state index >= 15 is 0 Å². The first-order valence-corrected chi connectivity index (χ1v) is 6.98. The minimum Gasteiger partial charge on any atom is -0.364 e. The second-order valence-electron chi connectivity index (χ2n) is 6.11. The third kappa shape index (κ3) is 4.48. The van der Waals surface area contributed by atoms with Crippen molar-refractivity contribution in [3.8, 4) is 6.07 Å². The molecule has 0 saturated carbocycles. The fourth-order valence-corrected chi connectivity index (χ4v) is 2.40. The Labute approximate surface area is 115 Å². The zero-order valence-corrected chi connectivity index (χ0v) is 12.6. The standard InChI is InChI=1S/C14H25N3O2/c1-10(2)14(5,9-15)16-13(18)8-17-6-11(3)19-12(4)7-17/h10-12H,6-8H2,1-5H3,(H,16,18)/p+1/t11-,12-,14+/m1/s1. The summed E-state index contributed by atoms with van der Waals surface area (Å²) in [6.45, 7) is 11.8. The van der Waals surface area contributed by atoms with Crippen LogP contribution in [0.5, 0.6) is 0 Å². The lowest BCUT2D eigenvalue weighted by Gasteiger charge is -2.33. The maximum atomic E-state index is 12.1. The number of rotatable bonds is 4. The molecule has 2 N–H and O–H groups in total. The van der Waals surface area contributed by atoms with Gasteiger partial charge in [0, 0.05) is 0 Å². The molecule has 1 aliphatic rings. The molecule has 0 radical (unpaired) electrons. The summed E-state index contributed by atoms with van der Waals surface area (Å²) >= 11 is 0. The van der Waals surface area contributed by atoms with Gasteiger partial charge >= 0.3 is 0 Å². The third-order valence-electron chi connectivity index (χ3n) is 3.81. The van der Waals surface area contributed by atoms with Gasteiger partial charge < -0.3 is 15.0 Å². The number of nitrogens with zero attached hydrogens (tertiary/aromatic N) is 1. The van der Waals surface area contributed by atoms with Crippen LogP contribution < -0.4 is 10.2 Å². The Morgan fingerprint density at radius 2 is 2.00 bits per heavy atom. The number of ether oxygens (including phenoxy) is 1. The van der Waals surface area contributed by atoms with E-state index in [1.807, 2.05) is 27.7 Å². The number of carbonyl (C=O) groups excluding carboxylic acids is 1. The van der Waals surface area contributed by atoms with Crippen molar-refractivity contribution < 1.29 is 14.4 Å². The summed E-state index contributed by atoms with van der Waals surface area (Å²) in [6.07, 6.45) is 0.359. The molecule has 0 aliphatic carbocycles. The van der Waals surface area contributed by atoms with Crippen molar-refractivity contribution in [2.45, 2.75) is 52.4 Å². The Balaban J connectivity index is 2.54. The number of carbonyl (C=O) groups is 1. The lowest BCUT2D eigenvalue weighted by Crippen LogP contribution is -3.16. The smallest absolute Gasteiger partial charge is 0.276 e. The van der Waals surface area contributed by atoms with Crippen LogP contribution in [0.4, 0.5) is 0 Å². The maximum absolute atomic E-state index is 12.1. The Hall–Kier alpha value is -1.12. The van der Waals surface area contributed by atoms with Gasteiger partial charge in [0.2, 0.25) is 0 Å². The largest absolute Gasteiger partial charge is 0.364 e. The highest BCUT2D eigenvalue weighted by Crippen LogP contribution is 2.14. The average Bonchev–Trinajstić information content (AvgIpc) is 2.26. The van der Waals surface area contributed by atoms with E-state index < -0.39 is 5.54 Å². The van der Waals surface area contributed by atoms with Crippen LogP contribution in [0.2, 0.25) is 0 Å². The number of morpholine rings is 1. The lowest BCUT2D eigenvalue weighted by atomic mass is 9.90. The summed E-state index contributed by atoms with van der Waals surface area (Å²) in [6, 6.07) is 2.20. The first kappa shape index (κ1) is 15.9. The summed E-state index contributed by atoms with van der Waals surface area (Å²) in [7, 11) is 0. The molecule has 0 aromatic rings. The van der Waals surface area contributed by atoms with Crippen molar-refractivity contribution in [3.05, 3.63) is 0 Å². The molecule has 0 bridgehead atoms. The average molecular weight is 268 g/mol. The molecular formula is C14H26N3O2+. The van der Waals surface area contributed by atoms with Gasteiger partial charge in [0.05, 0.1) is 6.07 Å². The highest BCUT2D eigenvalue weighted by Gasteiger charge is 2.33. The fourth-order valence-electron chi connectivity index (χ4n) is 2.40. The Bertz CT molecular complexity index is 354. The fraction of sp³-hybridized carbons (Fsp3) is 0.857. The zero-order valence-electron chi connectivity index (χ0n) is 12.6. The Morgan fingerprint density at radius 3 is 2.42 bits per heavy atom. The minimum absolute atomic E-state index is 0.0611. The Kier molecular flexibility index (Phi) is 5.33. The van der Waals surface area contributed by atoms with Gasteiger partial charge in [-0.3, -0.25) is 4.79 Å². The molecule has 0 unspecified atom stereocenters. The molecule has 0 spiro atoms. The van der Waals surface area contributed by atoms with E-state index in [4.69, 9.17) is 4.74 Å². The van der Waals surface area contributed by atoms with Gasteiger partial charge in [-0.05, 0) is 26.7 Å². The minimum atomic E-state index is -0.792. The Morgan fingerprint density at radius 1 is 1.47 bits per heavy atom. The van der Waals surface area contributed by atoms with E-state index in [0.717, 1.165) is 13.1 Å². The highest BCUT2D eigenvalue weighted by molar-refractivity contribution is 5.78. The van der Waals surface area contributed by atoms with E-state index in [9.17, 15) is 10.1 Å². The molecule has 5 heteroatoms. The predicted molar refractivity (Wildman–Crippen MR) is 72.6 cm³/mol.